The summed E-state index contributed by atoms with van der Waals surface area (Å²) in [5.41, 5.74) is 3.61. The van der Waals surface area contributed by atoms with Gasteiger partial charge in [0.05, 0.1) is 30.8 Å². The molecule has 1 aliphatic carbocycles. The summed E-state index contributed by atoms with van der Waals surface area (Å²) in [4.78, 5) is 25.6. The smallest absolute Gasteiger partial charge is 0.408 e. The average molecular weight is 649 g/mol. The zero-order valence-corrected chi connectivity index (χ0v) is 28.1. The van der Waals surface area contributed by atoms with Gasteiger partial charge in [0.25, 0.3) is 0 Å². The van der Waals surface area contributed by atoms with Crippen molar-refractivity contribution >= 4 is 12.2 Å². The third kappa shape index (κ3) is 10.3. The highest BCUT2D eigenvalue weighted by Crippen LogP contribution is 2.33. The maximum absolute atomic E-state index is 12.9. The Morgan fingerprint density at radius 2 is 1.47 bits per heavy atom. The zero-order valence-electron chi connectivity index (χ0n) is 28.1. The first-order chi connectivity index (χ1) is 20.7. The van der Waals surface area contributed by atoms with E-state index in [0.717, 1.165) is 0 Å². The van der Waals surface area contributed by atoms with Crippen LogP contribution < -0.4 is 21.7 Å². The van der Waals surface area contributed by atoms with Gasteiger partial charge < -0.3 is 65.4 Å². The average Bonchev–Trinajstić information content (AvgIpc) is 2.88. The highest BCUT2D eigenvalue weighted by molar-refractivity contribution is 5.68. The van der Waals surface area contributed by atoms with Crippen molar-refractivity contribution in [2.24, 2.45) is 5.73 Å². The van der Waals surface area contributed by atoms with E-state index in [1.54, 1.807) is 48.6 Å². The summed E-state index contributed by atoms with van der Waals surface area (Å²) in [7, 11) is 1.60. The van der Waals surface area contributed by atoms with Gasteiger partial charge in [0.15, 0.2) is 12.6 Å². The van der Waals surface area contributed by atoms with Crippen molar-refractivity contribution in [1.29, 1.82) is 0 Å². The molecule has 2 aliphatic heterocycles. The van der Waals surface area contributed by atoms with E-state index in [1.807, 2.05) is 6.92 Å². The van der Waals surface area contributed by atoms with Crippen LogP contribution in [-0.2, 0) is 28.4 Å². The molecule has 3 fully saturated rings. The van der Waals surface area contributed by atoms with Gasteiger partial charge >= 0.3 is 12.2 Å². The molecule has 0 aromatic carbocycles. The summed E-state index contributed by atoms with van der Waals surface area (Å²) in [5.74, 6) is 0. The van der Waals surface area contributed by atoms with Crippen molar-refractivity contribution in [3.8, 4) is 0 Å². The van der Waals surface area contributed by atoms with E-state index in [1.165, 1.54) is 6.92 Å². The summed E-state index contributed by atoms with van der Waals surface area (Å²) in [5, 5.41) is 41.8. The SMILES string of the molecule is CC[C@@H]1CCC(NC(=O)OC(C)(C)C)[C@@H](OC2C(O)C(O[C@H]3OCC(C)(O)[C@H](NC)C3O)[C@H](N)C[C@@H]2NC(=O)OC(C)(C)C)O1. The predicted molar refractivity (Wildman–Crippen MR) is 162 cm³/mol. The van der Waals surface area contributed by atoms with Crippen LogP contribution in [0.1, 0.15) is 81.1 Å². The Morgan fingerprint density at radius 3 is 2.00 bits per heavy atom. The Labute approximate surface area is 266 Å². The molecule has 262 valence electrons. The van der Waals surface area contributed by atoms with E-state index in [0.29, 0.717) is 19.3 Å². The first kappa shape index (κ1) is 37.6. The monoisotopic (exact) mass is 648 g/mol. The molecule has 1 saturated carbocycles. The van der Waals surface area contributed by atoms with E-state index in [9.17, 15) is 24.9 Å². The molecular formula is C30H56N4O11. The molecule has 0 bridgehead atoms. The Balaban J connectivity index is 1.87. The van der Waals surface area contributed by atoms with E-state index >= 15 is 0 Å². The topological polar surface area (TPSA) is 212 Å². The van der Waals surface area contributed by atoms with E-state index in [4.69, 9.17) is 34.2 Å². The molecule has 12 atom stereocenters. The Bertz CT molecular complexity index is 988. The lowest BCUT2D eigenvalue weighted by atomic mass is 9.83. The maximum Gasteiger partial charge on any atom is 0.408 e. The van der Waals surface area contributed by atoms with Gasteiger partial charge in [-0.3, -0.25) is 0 Å². The second kappa shape index (κ2) is 14.9. The molecule has 2 heterocycles. The number of rotatable bonds is 8. The molecule has 15 heteroatoms. The Kier molecular flexibility index (Phi) is 12.5. The van der Waals surface area contributed by atoms with Gasteiger partial charge in [0.1, 0.15) is 41.2 Å². The maximum atomic E-state index is 12.9. The minimum atomic E-state index is -1.45. The van der Waals surface area contributed by atoms with E-state index < -0.39 is 90.2 Å². The zero-order chi connectivity index (χ0) is 33.9. The molecule has 0 aromatic heterocycles. The number of carbonyl (C=O) groups excluding carboxylic acids is 2. The summed E-state index contributed by atoms with van der Waals surface area (Å²) in [6.07, 6.45) is -6.85. The number of hydrogen-bond donors (Lipinski definition) is 7. The van der Waals surface area contributed by atoms with E-state index in [2.05, 4.69) is 16.0 Å². The molecule has 0 aromatic rings. The van der Waals surface area contributed by atoms with Gasteiger partial charge in [0, 0.05) is 6.04 Å². The molecule has 15 nitrogen and oxygen atoms in total. The Hall–Kier alpha value is -1.82. The summed E-state index contributed by atoms with van der Waals surface area (Å²) >= 11 is 0. The second-order valence-electron chi connectivity index (χ2n) is 14.5. The molecule has 6 unspecified atom stereocenters. The van der Waals surface area contributed by atoms with Crippen molar-refractivity contribution in [3.05, 3.63) is 0 Å². The van der Waals surface area contributed by atoms with Crippen LogP contribution in [-0.4, -0.2) is 125 Å². The van der Waals surface area contributed by atoms with Gasteiger partial charge in [-0.05, 0) is 81.2 Å². The highest BCUT2D eigenvalue weighted by Gasteiger charge is 2.52. The quantitative estimate of drug-likeness (QED) is 0.192. The highest BCUT2D eigenvalue weighted by atomic mass is 16.7. The number of hydrogen-bond acceptors (Lipinski definition) is 13. The summed E-state index contributed by atoms with van der Waals surface area (Å²) in [6.45, 7) is 13.8. The number of alkyl carbamates (subject to hydrolysis) is 2. The normalized spacial score (nSPS) is 39.5. The first-order valence-electron chi connectivity index (χ1n) is 15.8. The second-order valence-corrected chi connectivity index (χ2v) is 14.5. The van der Waals surface area contributed by atoms with Gasteiger partial charge in [-0.1, -0.05) is 6.92 Å². The predicted octanol–water partition coefficient (Wildman–Crippen LogP) is 0.607. The van der Waals surface area contributed by atoms with Crippen molar-refractivity contribution in [1.82, 2.24) is 16.0 Å². The Morgan fingerprint density at radius 1 is 0.911 bits per heavy atom. The van der Waals surface area contributed by atoms with Crippen LogP contribution in [0.2, 0.25) is 0 Å². The first-order valence-corrected chi connectivity index (χ1v) is 15.8. The molecule has 8 N–H and O–H groups in total. The molecule has 2 amide bonds. The van der Waals surface area contributed by atoms with Crippen molar-refractivity contribution in [3.63, 3.8) is 0 Å². The van der Waals surface area contributed by atoms with Crippen LogP contribution in [0, 0.1) is 0 Å². The van der Waals surface area contributed by atoms with Gasteiger partial charge in [0.2, 0.25) is 0 Å². The van der Waals surface area contributed by atoms with E-state index in [-0.39, 0.29) is 19.1 Å². The minimum Gasteiger partial charge on any atom is -0.444 e. The number of carbonyl (C=O) groups is 2. The van der Waals surface area contributed by atoms with Crippen molar-refractivity contribution < 1.29 is 53.3 Å². The van der Waals surface area contributed by atoms with Gasteiger partial charge in [-0.15, -0.1) is 0 Å². The fraction of sp³-hybridized carbons (Fsp3) is 0.933. The fourth-order valence-electron chi connectivity index (χ4n) is 5.95. The van der Waals surface area contributed by atoms with Crippen LogP contribution in [0.25, 0.3) is 0 Å². The third-order valence-electron chi connectivity index (χ3n) is 8.06. The summed E-state index contributed by atoms with van der Waals surface area (Å²) < 4.78 is 35.3. The number of nitrogens with one attached hydrogen (secondary N) is 3. The van der Waals surface area contributed by atoms with Gasteiger partial charge in [-0.25, -0.2) is 9.59 Å². The molecular weight excluding hydrogens is 592 g/mol. The largest absolute Gasteiger partial charge is 0.444 e. The fourth-order valence-corrected chi connectivity index (χ4v) is 5.95. The van der Waals surface area contributed by atoms with Crippen molar-refractivity contribution in [2.45, 2.75) is 165 Å². The lowest BCUT2D eigenvalue weighted by Gasteiger charge is -2.49. The minimum absolute atomic E-state index is 0.0930. The number of aliphatic hydroxyl groups excluding tert-OH is 2. The van der Waals surface area contributed by atoms with Crippen molar-refractivity contribution in [2.75, 3.05) is 13.7 Å². The van der Waals surface area contributed by atoms with Crippen LogP contribution in [0.3, 0.4) is 0 Å². The van der Waals surface area contributed by atoms with Crippen LogP contribution in [0.4, 0.5) is 9.59 Å². The number of likely N-dealkylation sites (N-methyl/N-ethyl adjacent to an activating group) is 1. The number of nitrogens with two attached hydrogens (primary N) is 1. The summed E-state index contributed by atoms with van der Waals surface area (Å²) in [6, 6.07) is -3.10. The molecule has 45 heavy (non-hydrogen) atoms. The van der Waals surface area contributed by atoms with Crippen LogP contribution in [0.5, 0.6) is 0 Å². The molecule has 0 spiro atoms. The molecule has 3 rings (SSSR count). The number of aliphatic hydroxyl groups is 3. The number of ether oxygens (including phenoxy) is 6. The lowest BCUT2D eigenvalue weighted by Crippen LogP contribution is -2.69. The molecule has 3 aliphatic rings. The third-order valence-corrected chi connectivity index (χ3v) is 8.06. The van der Waals surface area contributed by atoms with Crippen LogP contribution in [0.15, 0.2) is 0 Å². The lowest BCUT2D eigenvalue weighted by molar-refractivity contribution is -0.308. The molecule has 0 radical (unpaired) electrons. The number of amides is 2. The van der Waals surface area contributed by atoms with Crippen LogP contribution >= 0.6 is 0 Å². The standard InChI is InChI=1S/C30H56N4O11/c1-10-15-11-12-17(33-26(37)44-28(2,3)4)24(41-15)43-22-18(34-27(38)45-29(5,6)7)13-16(31)21(19(22)35)42-25-20(36)23(32-9)30(8,39)14-40-25/h15-25,32,35-36,39H,10-14,31H2,1-9H3,(H,33,37)(H,34,38)/t15-,16-,17?,18+,19?,20?,21?,22?,23-,24-,25-,30?/m1/s1. The molecule has 2 saturated heterocycles. The van der Waals surface area contributed by atoms with Gasteiger partial charge in [-0.2, -0.15) is 0 Å².